The third-order valence-electron chi connectivity index (χ3n) is 3.18. The number of aliphatic hydroxyl groups is 1. The molecule has 0 saturated carbocycles. The summed E-state index contributed by atoms with van der Waals surface area (Å²) in [6.07, 6.45) is 4.36. The average molecular weight is 300 g/mol. The molecule has 114 valence electrons. The second kappa shape index (κ2) is 8.86. The van der Waals surface area contributed by atoms with E-state index in [2.05, 4.69) is 27.8 Å². The van der Waals surface area contributed by atoms with Gasteiger partial charge in [-0.25, -0.2) is 4.79 Å². The van der Waals surface area contributed by atoms with Crippen LogP contribution in [0.4, 0.5) is 9.93 Å². The van der Waals surface area contributed by atoms with E-state index in [0.29, 0.717) is 5.13 Å². The van der Waals surface area contributed by atoms with Crippen molar-refractivity contribution in [2.45, 2.75) is 52.5 Å². The second-order valence-corrected chi connectivity index (χ2v) is 6.07. The summed E-state index contributed by atoms with van der Waals surface area (Å²) in [4.78, 5) is 11.7. The molecule has 0 aliphatic rings. The first-order valence-electron chi connectivity index (χ1n) is 7.07. The fourth-order valence-corrected chi connectivity index (χ4v) is 2.35. The van der Waals surface area contributed by atoms with Crippen molar-refractivity contribution in [2.75, 3.05) is 11.9 Å². The number of aromatic nitrogens is 2. The zero-order valence-corrected chi connectivity index (χ0v) is 13.2. The van der Waals surface area contributed by atoms with Gasteiger partial charge in [0.05, 0.1) is 0 Å². The van der Waals surface area contributed by atoms with Crippen molar-refractivity contribution in [3.63, 3.8) is 0 Å². The number of anilines is 1. The summed E-state index contributed by atoms with van der Waals surface area (Å²) in [6, 6.07) is -0.411. The molecule has 6 nitrogen and oxygen atoms in total. The number of hydrogen-bond donors (Lipinski definition) is 3. The third-order valence-corrected chi connectivity index (χ3v) is 4.08. The molecule has 0 radical (unpaired) electrons. The maximum Gasteiger partial charge on any atom is 0.321 e. The summed E-state index contributed by atoms with van der Waals surface area (Å²) in [5, 5.41) is 23.9. The van der Waals surface area contributed by atoms with Crippen LogP contribution in [-0.2, 0) is 6.42 Å². The standard InChI is InChI=1S/C13H24N4O2S/c1-4-5-6-7-11-16-17-13(20-11)15-12(19)14-10(3)9(2)8-18/h9-10,18H,4-8H2,1-3H3,(H2,14,15,17,19). The number of nitrogens with zero attached hydrogens (tertiary/aromatic N) is 2. The molecule has 1 heterocycles. The number of carbonyl (C=O) groups excluding carboxylic acids is 1. The van der Waals surface area contributed by atoms with E-state index in [1.54, 1.807) is 0 Å². The molecular formula is C13H24N4O2S. The summed E-state index contributed by atoms with van der Waals surface area (Å²) >= 11 is 1.41. The minimum absolute atomic E-state index is 0.0137. The van der Waals surface area contributed by atoms with Gasteiger partial charge in [-0.2, -0.15) is 0 Å². The first-order chi connectivity index (χ1) is 9.56. The number of urea groups is 1. The average Bonchev–Trinajstić information content (AvgIpc) is 2.85. The number of nitrogens with one attached hydrogen (secondary N) is 2. The zero-order valence-electron chi connectivity index (χ0n) is 12.3. The van der Waals surface area contributed by atoms with Gasteiger partial charge < -0.3 is 10.4 Å². The fraction of sp³-hybridized carbons (Fsp3) is 0.769. The molecule has 1 rings (SSSR count). The van der Waals surface area contributed by atoms with Crippen LogP contribution in [0.5, 0.6) is 0 Å². The Balaban J connectivity index is 2.38. The van der Waals surface area contributed by atoms with Crippen LogP contribution < -0.4 is 10.6 Å². The van der Waals surface area contributed by atoms with E-state index in [9.17, 15) is 4.79 Å². The van der Waals surface area contributed by atoms with Crippen molar-refractivity contribution in [3.8, 4) is 0 Å². The molecule has 2 atom stereocenters. The summed E-state index contributed by atoms with van der Waals surface area (Å²) in [6.45, 7) is 5.94. The molecule has 0 saturated heterocycles. The highest BCUT2D eigenvalue weighted by atomic mass is 32.1. The summed E-state index contributed by atoms with van der Waals surface area (Å²) < 4.78 is 0. The number of rotatable bonds is 8. The second-order valence-electron chi connectivity index (χ2n) is 5.01. The lowest BCUT2D eigenvalue weighted by Crippen LogP contribution is -2.40. The van der Waals surface area contributed by atoms with Gasteiger partial charge >= 0.3 is 6.03 Å². The topological polar surface area (TPSA) is 87.1 Å². The van der Waals surface area contributed by atoms with Gasteiger partial charge in [0, 0.05) is 19.1 Å². The van der Waals surface area contributed by atoms with Gasteiger partial charge in [0.2, 0.25) is 5.13 Å². The molecule has 0 aromatic carbocycles. The van der Waals surface area contributed by atoms with Crippen molar-refractivity contribution in [1.82, 2.24) is 15.5 Å². The molecule has 7 heteroatoms. The predicted molar refractivity (Wildman–Crippen MR) is 81.0 cm³/mol. The molecule has 0 bridgehead atoms. The van der Waals surface area contributed by atoms with Gasteiger partial charge in [-0.15, -0.1) is 10.2 Å². The largest absolute Gasteiger partial charge is 0.396 e. The Morgan fingerprint density at radius 2 is 2.10 bits per heavy atom. The van der Waals surface area contributed by atoms with Crippen LogP contribution in [0.3, 0.4) is 0 Å². The van der Waals surface area contributed by atoms with Gasteiger partial charge in [-0.3, -0.25) is 5.32 Å². The van der Waals surface area contributed by atoms with Gasteiger partial charge in [-0.05, 0) is 19.3 Å². The zero-order chi connectivity index (χ0) is 15.0. The lowest BCUT2D eigenvalue weighted by atomic mass is 10.1. The highest BCUT2D eigenvalue weighted by Gasteiger charge is 2.15. The van der Waals surface area contributed by atoms with Crippen LogP contribution in [0.25, 0.3) is 0 Å². The summed E-state index contributed by atoms with van der Waals surface area (Å²) in [5.41, 5.74) is 0. The van der Waals surface area contributed by atoms with E-state index >= 15 is 0 Å². The molecule has 1 aromatic rings. The van der Waals surface area contributed by atoms with E-state index in [1.165, 1.54) is 24.2 Å². The number of hydrogen-bond acceptors (Lipinski definition) is 5. The number of amides is 2. The normalized spacial score (nSPS) is 13.8. The molecule has 0 spiro atoms. The smallest absolute Gasteiger partial charge is 0.321 e. The van der Waals surface area contributed by atoms with Crippen LogP contribution in [0.2, 0.25) is 0 Å². The molecule has 0 aliphatic carbocycles. The van der Waals surface area contributed by atoms with Gasteiger partial charge in [0.1, 0.15) is 5.01 Å². The van der Waals surface area contributed by atoms with Crippen molar-refractivity contribution in [2.24, 2.45) is 5.92 Å². The number of carbonyl (C=O) groups is 1. The van der Waals surface area contributed by atoms with Crippen LogP contribution >= 0.6 is 11.3 Å². The Labute approximate surface area is 124 Å². The first-order valence-corrected chi connectivity index (χ1v) is 7.89. The van der Waals surface area contributed by atoms with Crippen LogP contribution in [0.1, 0.15) is 45.0 Å². The van der Waals surface area contributed by atoms with Gasteiger partial charge in [-0.1, -0.05) is 38.0 Å². The van der Waals surface area contributed by atoms with E-state index < -0.39 is 0 Å². The molecule has 1 aromatic heterocycles. The predicted octanol–water partition coefficient (Wildman–Crippen LogP) is 2.41. The Morgan fingerprint density at radius 3 is 2.75 bits per heavy atom. The molecule has 2 amide bonds. The molecule has 2 unspecified atom stereocenters. The third kappa shape index (κ3) is 5.83. The molecular weight excluding hydrogens is 276 g/mol. The van der Waals surface area contributed by atoms with E-state index in [4.69, 9.17) is 5.11 Å². The quantitative estimate of drug-likeness (QED) is 0.643. The maximum absolute atomic E-state index is 11.7. The van der Waals surface area contributed by atoms with Gasteiger partial charge in [0.15, 0.2) is 0 Å². The van der Waals surface area contributed by atoms with Crippen LogP contribution in [0, 0.1) is 5.92 Å². The van der Waals surface area contributed by atoms with Crippen molar-refractivity contribution >= 4 is 22.5 Å². The van der Waals surface area contributed by atoms with E-state index in [0.717, 1.165) is 17.8 Å². The van der Waals surface area contributed by atoms with Crippen LogP contribution in [0.15, 0.2) is 0 Å². The number of aliphatic hydroxyl groups excluding tert-OH is 1. The summed E-state index contributed by atoms with van der Waals surface area (Å²) in [7, 11) is 0. The summed E-state index contributed by atoms with van der Waals surface area (Å²) in [5.74, 6) is 0.0137. The first kappa shape index (κ1) is 16.8. The van der Waals surface area contributed by atoms with E-state index in [-0.39, 0.29) is 24.6 Å². The molecule has 3 N–H and O–H groups in total. The molecule has 20 heavy (non-hydrogen) atoms. The number of unbranched alkanes of at least 4 members (excludes halogenated alkanes) is 2. The maximum atomic E-state index is 11.7. The van der Waals surface area contributed by atoms with Crippen LogP contribution in [-0.4, -0.2) is 34.0 Å². The minimum Gasteiger partial charge on any atom is -0.396 e. The Kier molecular flexibility index (Phi) is 7.46. The Morgan fingerprint density at radius 1 is 1.35 bits per heavy atom. The highest BCUT2D eigenvalue weighted by molar-refractivity contribution is 7.15. The monoisotopic (exact) mass is 300 g/mol. The number of aryl methyl sites for hydroxylation is 1. The lowest BCUT2D eigenvalue weighted by molar-refractivity contribution is 0.204. The highest BCUT2D eigenvalue weighted by Crippen LogP contribution is 2.17. The van der Waals surface area contributed by atoms with Crippen molar-refractivity contribution in [3.05, 3.63) is 5.01 Å². The Bertz CT molecular complexity index is 411. The minimum atomic E-state index is -0.311. The van der Waals surface area contributed by atoms with E-state index in [1.807, 2.05) is 13.8 Å². The van der Waals surface area contributed by atoms with Gasteiger partial charge in [0.25, 0.3) is 0 Å². The molecule has 0 aliphatic heterocycles. The van der Waals surface area contributed by atoms with Crippen molar-refractivity contribution < 1.29 is 9.90 Å². The SMILES string of the molecule is CCCCCc1nnc(NC(=O)NC(C)C(C)CO)s1. The van der Waals surface area contributed by atoms with Crippen molar-refractivity contribution in [1.29, 1.82) is 0 Å². The Hall–Kier alpha value is -1.21. The lowest BCUT2D eigenvalue weighted by Gasteiger charge is -2.18. The fourth-order valence-electron chi connectivity index (χ4n) is 1.57. The molecule has 0 fully saturated rings.